The van der Waals surface area contributed by atoms with Crippen molar-refractivity contribution in [3.63, 3.8) is 0 Å². The van der Waals surface area contributed by atoms with Gasteiger partial charge in [0.05, 0.1) is 0 Å². The van der Waals surface area contributed by atoms with Gasteiger partial charge in [0.1, 0.15) is 30.5 Å². The second kappa shape index (κ2) is 7.14. The van der Waals surface area contributed by atoms with Crippen molar-refractivity contribution in [1.29, 1.82) is 0 Å². The normalized spacial score (nSPS) is 45.4. The molecule has 0 amide bonds. The minimum atomic E-state index is -1.79. The summed E-state index contributed by atoms with van der Waals surface area (Å²) in [7, 11) is 2.11. The molecule has 2 fully saturated rings. The molecule has 2 saturated heterocycles. The highest BCUT2D eigenvalue weighted by Gasteiger charge is 2.65. The molecule has 3 heterocycles. The summed E-state index contributed by atoms with van der Waals surface area (Å²) in [4.78, 5) is 13.8. The predicted molar refractivity (Wildman–Crippen MR) is 111 cm³/mol. The molecule has 5 unspecified atom stereocenters. The number of rotatable bonds is 3. The monoisotopic (exact) mass is 461 g/mol. The van der Waals surface area contributed by atoms with Gasteiger partial charge in [-0.05, 0) is 38.1 Å². The molecular formula is C23H27NO9. The number of carboxylic acids is 1. The largest absolute Gasteiger partial charge is 0.504 e. The van der Waals surface area contributed by atoms with Gasteiger partial charge in [0.2, 0.25) is 0 Å². The highest BCUT2D eigenvalue weighted by Crippen LogP contribution is 2.62. The quantitative estimate of drug-likeness (QED) is 0.359. The Bertz CT molecular complexity index is 1030. The molecule has 10 nitrogen and oxygen atoms in total. The van der Waals surface area contributed by atoms with E-state index in [0.717, 1.165) is 30.5 Å². The van der Waals surface area contributed by atoms with Crippen molar-refractivity contribution in [1.82, 2.24) is 4.90 Å². The van der Waals surface area contributed by atoms with E-state index in [9.17, 15) is 30.3 Å². The SMILES string of the molecule is CN1CC[C@@]23c4c5ccc(O)c4O[C@H]2C(O[C@H]2OC(C(=O)O)C(O)C(O)C2O)C=C[C@H]3[C@H]1C5. The van der Waals surface area contributed by atoms with Crippen LogP contribution in [0.3, 0.4) is 0 Å². The van der Waals surface area contributed by atoms with Crippen molar-refractivity contribution < 1.29 is 44.5 Å². The minimum Gasteiger partial charge on any atom is -0.504 e. The van der Waals surface area contributed by atoms with Gasteiger partial charge in [-0.1, -0.05) is 18.2 Å². The van der Waals surface area contributed by atoms with Crippen LogP contribution in [-0.2, 0) is 26.1 Å². The van der Waals surface area contributed by atoms with Crippen LogP contribution in [-0.4, -0.2) is 98.9 Å². The average Bonchev–Trinajstić information content (AvgIpc) is 3.14. The molecule has 1 spiro atoms. The third-order valence-corrected chi connectivity index (χ3v) is 8.23. The molecule has 5 N–H and O–H groups in total. The van der Waals surface area contributed by atoms with Crippen molar-refractivity contribution in [2.24, 2.45) is 5.92 Å². The van der Waals surface area contributed by atoms with Gasteiger partial charge in [0.25, 0.3) is 0 Å². The zero-order valence-electron chi connectivity index (χ0n) is 17.9. The summed E-state index contributed by atoms with van der Waals surface area (Å²) in [6, 6.07) is 3.85. The number of aliphatic carboxylic acids is 1. The zero-order chi connectivity index (χ0) is 23.2. The number of phenolic OH excluding ortho intramolecular Hbond substituents is 1. The molecule has 2 bridgehead atoms. The van der Waals surface area contributed by atoms with E-state index < -0.39 is 54.3 Å². The van der Waals surface area contributed by atoms with Gasteiger partial charge in [0, 0.05) is 22.9 Å². The van der Waals surface area contributed by atoms with E-state index in [1.165, 1.54) is 0 Å². The second-order valence-corrected chi connectivity index (χ2v) is 9.78. The maximum Gasteiger partial charge on any atom is 0.335 e. The number of aliphatic hydroxyl groups is 3. The Morgan fingerprint density at radius 3 is 2.73 bits per heavy atom. The van der Waals surface area contributed by atoms with E-state index in [2.05, 4.69) is 18.0 Å². The van der Waals surface area contributed by atoms with Crippen LogP contribution in [0.5, 0.6) is 11.5 Å². The van der Waals surface area contributed by atoms with Gasteiger partial charge in [-0.3, -0.25) is 0 Å². The summed E-state index contributed by atoms with van der Waals surface area (Å²) in [5, 5.41) is 50.5. The van der Waals surface area contributed by atoms with E-state index in [1.807, 2.05) is 12.1 Å². The third-order valence-electron chi connectivity index (χ3n) is 8.23. The Morgan fingerprint density at radius 2 is 1.97 bits per heavy atom. The number of carbonyl (C=O) groups is 1. The fourth-order valence-corrected chi connectivity index (χ4v) is 6.66. The van der Waals surface area contributed by atoms with Crippen LogP contribution in [0.4, 0.5) is 0 Å². The lowest BCUT2D eigenvalue weighted by Crippen LogP contribution is -2.66. The topological polar surface area (TPSA) is 149 Å². The maximum atomic E-state index is 11.5. The summed E-state index contributed by atoms with van der Waals surface area (Å²) in [6.45, 7) is 0.838. The van der Waals surface area contributed by atoms with Crippen LogP contribution in [0, 0.1) is 5.92 Å². The van der Waals surface area contributed by atoms with Crippen LogP contribution in [0.15, 0.2) is 24.3 Å². The van der Waals surface area contributed by atoms with Gasteiger partial charge in [-0.15, -0.1) is 0 Å². The molecule has 1 aromatic rings. The number of aromatic hydroxyl groups is 1. The molecule has 33 heavy (non-hydrogen) atoms. The zero-order valence-corrected chi connectivity index (χ0v) is 17.9. The van der Waals surface area contributed by atoms with E-state index in [0.29, 0.717) is 5.75 Å². The Balaban J connectivity index is 1.38. The molecule has 178 valence electrons. The lowest BCUT2D eigenvalue weighted by molar-refractivity contribution is -0.307. The number of aliphatic hydroxyl groups excluding tert-OH is 3. The Kier molecular flexibility index (Phi) is 4.62. The number of carboxylic acid groups (broad SMARTS) is 1. The van der Waals surface area contributed by atoms with E-state index in [1.54, 1.807) is 6.07 Å². The summed E-state index contributed by atoms with van der Waals surface area (Å²) >= 11 is 0. The number of likely N-dealkylation sites (tertiary alicyclic amines) is 1. The van der Waals surface area contributed by atoms with Crippen molar-refractivity contribution in [2.75, 3.05) is 13.6 Å². The lowest BCUT2D eigenvalue weighted by Gasteiger charge is -2.57. The molecule has 3 aliphatic heterocycles. The summed E-state index contributed by atoms with van der Waals surface area (Å²) < 4.78 is 17.7. The van der Waals surface area contributed by atoms with Crippen molar-refractivity contribution in [3.8, 4) is 11.5 Å². The van der Waals surface area contributed by atoms with Gasteiger partial charge in [-0.25, -0.2) is 4.79 Å². The van der Waals surface area contributed by atoms with Crippen LogP contribution < -0.4 is 4.74 Å². The smallest absolute Gasteiger partial charge is 0.335 e. The number of benzene rings is 1. The number of nitrogens with zero attached hydrogens (tertiary/aromatic N) is 1. The van der Waals surface area contributed by atoms with E-state index in [4.69, 9.17) is 14.2 Å². The molecule has 0 saturated carbocycles. The second-order valence-electron chi connectivity index (χ2n) is 9.78. The predicted octanol–water partition coefficient (Wildman–Crippen LogP) is -0.885. The first-order chi connectivity index (χ1) is 15.7. The standard InChI is InChI=1S/C23H27NO9/c1-24-7-6-23-10-3-5-13(31-22-17(28)15(26)16(27)19(33-22)21(29)30)20(23)32-18-12(25)4-2-9(14(18)23)8-11(10)24/h2-5,10-11,13,15-17,19-20,22,25-28H,6-8H2,1H3,(H,29,30)/t10-,11+,13?,15?,16?,17?,19?,20-,22-,23+/m0/s1. The van der Waals surface area contributed by atoms with Crippen molar-refractivity contribution >= 4 is 5.97 Å². The van der Waals surface area contributed by atoms with Crippen LogP contribution in [0.1, 0.15) is 17.5 Å². The molecule has 10 heteroatoms. The molecule has 0 aromatic heterocycles. The van der Waals surface area contributed by atoms with Crippen molar-refractivity contribution in [3.05, 3.63) is 35.4 Å². The number of ether oxygens (including phenoxy) is 3. The molecule has 5 aliphatic rings. The van der Waals surface area contributed by atoms with Gasteiger partial charge in [-0.2, -0.15) is 0 Å². The van der Waals surface area contributed by atoms with Crippen LogP contribution in [0.2, 0.25) is 0 Å². The summed E-state index contributed by atoms with van der Waals surface area (Å²) in [5.74, 6) is -0.824. The van der Waals surface area contributed by atoms with Gasteiger partial charge < -0.3 is 44.6 Å². The molecule has 6 rings (SSSR count). The minimum absolute atomic E-state index is 0.0610. The Hall–Kier alpha value is -2.21. The maximum absolute atomic E-state index is 11.5. The first-order valence-corrected chi connectivity index (χ1v) is 11.2. The first kappa shape index (κ1) is 21.3. The Labute approximate surface area is 189 Å². The number of likely N-dealkylation sites (N-methyl/N-ethyl adjacent to an activating group) is 1. The number of hydrogen-bond acceptors (Lipinski definition) is 9. The number of phenols is 1. The first-order valence-electron chi connectivity index (χ1n) is 11.2. The summed E-state index contributed by atoms with van der Waals surface area (Å²) in [5.41, 5.74) is 1.69. The van der Waals surface area contributed by atoms with Crippen molar-refractivity contribution in [2.45, 2.75) is 67.2 Å². The third kappa shape index (κ3) is 2.73. The van der Waals surface area contributed by atoms with E-state index >= 15 is 0 Å². The Morgan fingerprint density at radius 1 is 1.18 bits per heavy atom. The highest BCUT2D eigenvalue weighted by molar-refractivity contribution is 5.73. The molecule has 10 atom stereocenters. The fraction of sp³-hybridized carbons (Fsp3) is 0.609. The summed E-state index contributed by atoms with van der Waals surface area (Å²) in [6.07, 6.45) is -4.16. The van der Waals surface area contributed by atoms with Gasteiger partial charge >= 0.3 is 5.97 Å². The highest BCUT2D eigenvalue weighted by atomic mass is 16.7. The van der Waals surface area contributed by atoms with Crippen LogP contribution >= 0.6 is 0 Å². The fourth-order valence-electron chi connectivity index (χ4n) is 6.66. The molecule has 1 aromatic carbocycles. The molecule has 2 aliphatic carbocycles. The lowest BCUT2D eigenvalue weighted by atomic mass is 9.53. The average molecular weight is 461 g/mol. The molecular weight excluding hydrogens is 434 g/mol. The van der Waals surface area contributed by atoms with E-state index in [-0.39, 0.29) is 17.7 Å². The number of hydrogen-bond donors (Lipinski definition) is 5. The number of piperidine rings is 1. The van der Waals surface area contributed by atoms with Crippen LogP contribution in [0.25, 0.3) is 0 Å². The molecule has 0 radical (unpaired) electrons. The van der Waals surface area contributed by atoms with Gasteiger partial charge in [0.15, 0.2) is 23.9 Å².